The van der Waals surface area contributed by atoms with Crippen LogP contribution in [-0.4, -0.2) is 39.1 Å². The van der Waals surface area contributed by atoms with E-state index in [9.17, 15) is 4.39 Å². The second-order valence-corrected chi connectivity index (χ2v) is 6.53. The van der Waals surface area contributed by atoms with E-state index in [1.807, 2.05) is 33.8 Å². The van der Waals surface area contributed by atoms with Gasteiger partial charge in [-0.05, 0) is 45.7 Å². The monoisotopic (exact) mass is 310 g/mol. The lowest BCUT2D eigenvalue weighted by Gasteiger charge is -2.32. The van der Waals surface area contributed by atoms with Crippen molar-refractivity contribution in [1.82, 2.24) is 0 Å². The predicted octanol–water partition coefficient (Wildman–Crippen LogP) is 2.32. The van der Waals surface area contributed by atoms with Gasteiger partial charge in [0.1, 0.15) is 0 Å². The highest BCUT2D eigenvalue weighted by Crippen LogP contribution is 2.37. The smallest absolute Gasteiger partial charge is 0.494 e. The van der Waals surface area contributed by atoms with E-state index in [2.05, 4.69) is 0 Å². The van der Waals surface area contributed by atoms with Crippen LogP contribution in [0.25, 0.3) is 0 Å². The minimum atomic E-state index is -0.656. The maximum absolute atomic E-state index is 14.3. The van der Waals surface area contributed by atoms with E-state index in [4.69, 9.17) is 18.8 Å². The van der Waals surface area contributed by atoms with E-state index in [1.54, 1.807) is 7.11 Å². The maximum atomic E-state index is 14.3. The average molecular weight is 310 g/mol. The van der Waals surface area contributed by atoms with Crippen molar-refractivity contribution in [1.29, 1.82) is 0 Å². The Balaban J connectivity index is 2.39. The van der Waals surface area contributed by atoms with E-state index >= 15 is 0 Å². The third-order valence-corrected chi connectivity index (χ3v) is 4.44. The minimum absolute atomic E-state index is 0.166. The van der Waals surface area contributed by atoms with Gasteiger partial charge in [0.2, 0.25) is 0 Å². The molecule has 1 saturated heterocycles. The summed E-state index contributed by atoms with van der Waals surface area (Å²) >= 11 is 0. The van der Waals surface area contributed by atoms with Crippen LogP contribution in [-0.2, 0) is 20.5 Å². The Bertz CT molecular complexity index is 529. The molecule has 1 heterocycles. The summed E-state index contributed by atoms with van der Waals surface area (Å²) in [6, 6.07) is 3.33. The number of halogens is 1. The third kappa shape index (κ3) is 3.14. The van der Waals surface area contributed by atoms with Crippen LogP contribution in [0.15, 0.2) is 12.1 Å². The topological polar surface area (TPSA) is 36.9 Å². The molecular weight excluding hydrogens is 286 g/mol. The van der Waals surface area contributed by atoms with E-state index < -0.39 is 24.1 Å². The second-order valence-electron chi connectivity index (χ2n) is 6.53. The second kappa shape index (κ2) is 6.18. The van der Waals surface area contributed by atoms with Crippen LogP contribution in [0.1, 0.15) is 33.3 Å². The standard InChI is InChI=1S/C16H24BFO4/c1-15(2)16(3,4)22-17(21-15)12-9-11(7-8-19-5)10-13(18)14(12)20-6/h9-10H,7-8H2,1-6H3. The fourth-order valence-corrected chi connectivity index (χ4v) is 2.40. The zero-order chi connectivity index (χ0) is 16.5. The molecule has 0 aliphatic carbocycles. The van der Waals surface area contributed by atoms with Gasteiger partial charge < -0.3 is 18.8 Å². The number of rotatable bonds is 5. The van der Waals surface area contributed by atoms with Crippen LogP contribution in [0.4, 0.5) is 4.39 Å². The molecule has 0 bridgehead atoms. The number of benzene rings is 1. The van der Waals surface area contributed by atoms with E-state index in [0.717, 1.165) is 5.56 Å². The molecule has 0 atom stereocenters. The van der Waals surface area contributed by atoms with Crippen LogP contribution >= 0.6 is 0 Å². The summed E-state index contributed by atoms with van der Waals surface area (Å²) in [4.78, 5) is 0. The summed E-state index contributed by atoms with van der Waals surface area (Å²) in [5.41, 5.74) is 0.431. The minimum Gasteiger partial charge on any atom is -0.494 e. The molecular formula is C16H24BFO4. The van der Waals surface area contributed by atoms with Gasteiger partial charge in [-0.25, -0.2) is 4.39 Å². The van der Waals surface area contributed by atoms with E-state index in [-0.39, 0.29) is 5.75 Å². The molecule has 0 aromatic heterocycles. The molecule has 1 aromatic rings. The molecule has 4 nitrogen and oxygen atoms in total. The third-order valence-electron chi connectivity index (χ3n) is 4.44. The first-order valence-electron chi connectivity index (χ1n) is 7.42. The number of methoxy groups -OCH3 is 2. The van der Waals surface area contributed by atoms with Gasteiger partial charge in [0.25, 0.3) is 0 Å². The summed E-state index contributed by atoms with van der Waals surface area (Å²) in [7, 11) is 2.41. The van der Waals surface area contributed by atoms with Gasteiger partial charge in [0.15, 0.2) is 11.6 Å². The van der Waals surface area contributed by atoms with Crippen molar-refractivity contribution in [2.45, 2.75) is 45.3 Å². The quantitative estimate of drug-likeness (QED) is 0.782. The van der Waals surface area contributed by atoms with Crippen LogP contribution in [0.3, 0.4) is 0 Å². The Hall–Kier alpha value is -1.11. The van der Waals surface area contributed by atoms with Gasteiger partial charge in [-0.3, -0.25) is 0 Å². The highest BCUT2D eigenvalue weighted by molar-refractivity contribution is 6.63. The highest BCUT2D eigenvalue weighted by atomic mass is 19.1. The summed E-state index contributed by atoms with van der Waals surface area (Å²) in [5, 5.41) is 0. The van der Waals surface area contributed by atoms with Crippen molar-refractivity contribution in [2.24, 2.45) is 0 Å². The number of ether oxygens (including phenoxy) is 2. The van der Waals surface area contributed by atoms with Crippen molar-refractivity contribution in [3.05, 3.63) is 23.5 Å². The van der Waals surface area contributed by atoms with Crippen molar-refractivity contribution in [3.8, 4) is 5.75 Å². The highest BCUT2D eigenvalue weighted by Gasteiger charge is 2.52. The molecule has 2 rings (SSSR count). The Morgan fingerprint density at radius 2 is 1.68 bits per heavy atom. The fraction of sp³-hybridized carbons (Fsp3) is 0.625. The van der Waals surface area contributed by atoms with Crippen LogP contribution in [0.2, 0.25) is 0 Å². The maximum Gasteiger partial charge on any atom is 0.498 e. The van der Waals surface area contributed by atoms with Gasteiger partial charge in [0, 0.05) is 12.6 Å². The van der Waals surface area contributed by atoms with Crippen molar-refractivity contribution >= 4 is 12.6 Å². The molecule has 1 aliphatic rings. The van der Waals surface area contributed by atoms with E-state index in [1.165, 1.54) is 13.2 Å². The first-order chi connectivity index (χ1) is 10.2. The van der Waals surface area contributed by atoms with Crippen LogP contribution in [0.5, 0.6) is 5.75 Å². The SMILES string of the molecule is COCCc1cc(F)c(OC)c(B2OC(C)(C)C(C)(C)O2)c1. The molecule has 0 saturated carbocycles. The molecule has 0 N–H and O–H groups in total. The van der Waals surface area contributed by atoms with Crippen molar-refractivity contribution < 1.29 is 23.2 Å². The largest absolute Gasteiger partial charge is 0.498 e. The first kappa shape index (κ1) is 17.3. The lowest BCUT2D eigenvalue weighted by atomic mass is 9.77. The average Bonchev–Trinajstić information content (AvgIpc) is 2.64. The van der Waals surface area contributed by atoms with Crippen molar-refractivity contribution in [2.75, 3.05) is 20.8 Å². The lowest BCUT2D eigenvalue weighted by molar-refractivity contribution is 0.00578. The molecule has 0 amide bonds. The molecule has 6 heteroatoms. The summed E-state index contributed by atoms with van der Waals surface area (Å²) in [5.74, 6) is -0.250. The lowest BCUT2D eigenvalue weighted by Crippen LogP contribution is -2.41. The van der Waals surface area contributed by atoms with Gasteiger partial charge in [-0.1, -0.05) is 6.07 Å². The molecule has 1 aromatic carbocycles. The van der Waals surface area contributed by atoms with Gasteiger partial charge in [-0.15, -0.1) is 0 Å². The molecule has 22 heavy (non-hydrogen) atoms. The predicted molar refractivity (Wildman–Crippen MR) is 84.2 cm³/mol. The number of hydrogen-bond donors (Lipinski definition) is 0. The molecule has 1 aliphatic heterocycles. The first-order valence-corrected chi connectivity index (χ1v) is 7.42. The Labute approximate surface area is 132 Å². The molecule has 0 unspecified atom stereocenters. The van der Waals surface area contributed by atoms with Gasteiger partial charge >= 0.3 is 7.12 Å². The fourth-order valence-electron chi connectivity index (χ4n) is 2.40. The summed E-state index contributed by atoms with van der Waals surface area (Å²) in [6.07, 6.45) is 0.615. The molecule has 122 valence electrons. The summed E-state index contributed by atoms with van der Waals surface area (Å²) in [6.45, 7) is 8.37. The van der Waals surface area contributed by atoms with E-state index in [0.29, 0.717) is 18.5 Å². The van der Waals surface area contributed by atoms with Gasteiger partial charge in [0.05, 0.1) is 24.9 Å². The Morgan fingerprint density at radius 1 is 1.09 bits per heavy atom. The molecule has 0 spiro atoms. The van der Waals surface area contributed by atoms with Crippen molar-refractivity contribution in [3.63, 3.8) is 0 Å². The summed E-state index contributed by atoms with van der Waals surface area (Å²) < 4.78 is 36.6. The Morgan fingerprint density at radius 3 is 2.18 bits per heavy atom. The Kier molecular flexibility index (Phi) is 4.85. The molecule has 1 fully saturated rings. The zero-order valence-electron chi connectivity index (χ0n) is 14.2. The normalized spacial score (nSPS) is 19.5. The van der Waals surface area contributed by atoms with Gasteiger partial charge in [-0.2, -0.15) is 0 Å². The van der Waals surface area contributed by atoms with Crippen LogP contribution < -0.4 is 10.2 Å². The zero-order valence-corrected chi connectivity index (χ0v) is 14.2. The number of hydrogen-bond acceptors (Lipinski definition) is 4. The molecule has 0 radical (unpaired) electrons. The van der Waals surface area contributed by atoms with Crippen LogP contribution in [0, 0.1) is 5.82 Å².